The van der Waals surface area contributed by atoms with Crippen molar-refractivity contribution in [3.8, 4) is 0 Å². The minimum Gasteiger partial charge on any atom is -0.319 e. The molecular formula is C19H15ClN4O. The number of amides is 1. The Labute approximate surface area is 149 Å². The van der Waals surface area contributed by atoms with Crippen LogP contribution in [0.25, 0.3) is 16.6 Å². The molecule has 1 aromatic carbocycles. The van der Waals surface area contributed by atoms with E-state index in [4.69, 9.17) is 11.6 Å². The van der Waals surface area contributed by atoms with Crippen LogP contribution in [-0.4, -0.2) is 20.3 Å². The second kappa shape index (κ2) is 6.18. The molecule has 4 aromatic rings. The van der Waals surface area contributed by atoms with Gasteiger partial charge in [-0.3, -0.25) is 14.2 Å². The van der Waals surface area contributed by atoms with Gasteiger partial charge in [-0.05, 0) is 24.6 Å². The van der Waals surface area contributed by atoms with Gasteiger partial charge in [0.2, 0.25) is 0 Å². The van der Waals surface area contributed by atoms with Gasteiger partial charge in [-0.1, -0.05) is 36.7 Å². The van der Waals surface area contributed by atoms with E-state index in [-0.39, 0.29) is 5.91 Å². The number of pyridine rings is 2. The summed E-state index contributed by atoms with van der Waals surface area (Å²) < 4.78 is 1.76. The van der Waals surface area contributed by atoms with Crippen LogP contribution in [0.15, 0.2) is 54.9 Å². The van der Waals surface area contributed by atoms with E-state index in [9.17, 15) is 4.79 Å². The van der Waals surface area contributed by atoms with Gasteiger partial charge in [0, 0.05) is 28.9 Å². The van der Waals surface area contributed by atoms with E-state index in [0.29, 0.717) is 28.5 Å². The van der Waals surface area contributed by atoms with Gasteiger partial charge in [-0.15, -0.1) is 0 Å². The van der Waals surface area contributed by atoms with Gasteiger partial charge in [-0.25, -0.2) is 4.98 Å². The summed E-state index contributed by atoms with van der Waals surface area (Å²) in [5.74, 6) is -0.218. The molecular weight excluding hydrogens is 336 g/mol. The first-order valence-corrected chi connectivity index (χ1v) is 8.36. The second-order valence-electron chi connectivity index (χ2n) is 5.67. The van der Waals surface area contributed by atoms with Crippen molar-refractivity contribution >= 4 is 39.7 Å². The lowest BCUT2D eigenvalue weighted by molar-refractivity contribution is 0.102. The number of nitrogens with zero attached hydrogens (tertiary/aromatic N) is 3. The molecule has 0 bridgehead atoms. The van der Waals surface area contributed by atoms with E-state index in [1.54, 1.807) is 28.9 Å². The molecule has 1 amide bonds. The van der Waals surface area contributed by atoms with Crippen LogP contribution in [0.1, 0.15) is 23.1 Å². The number of nitrogens with one attached hydrogen (secondary N) is 1. The SMILES string of the molecule is CCc1nc2cc(Cl)ccn2c1C(=O)Nc1cccc2cccnc12. The van der Waals surface area contributed by atoms with Crippen molar-refractivity contribution in [2.45, 2.75) is 13.3 Å². The number of para-hydroxylation sites is 1. The first-order chi connectivity index (χ1) is 12.2. The summed E-state index contributed by atoms with van der Waals surface area (Å²) in [6.45, 7) is 1.97. The Kier molecular flexibility index (Phi) is 3.86. The summed E-state index contributed by atoms with van der Waals surface area (Å²) >= 11 is 6.04. The van der Waals surface area contributed by atoms with Gasteiger partial charge in [0.15, 0.2) is 0 Å². The van der Waals surface area contributed by atoms with Gasteiger partial charge < -0.3 is 5.32 Å². The molecule has 4 rings (SSSR count). The van der Waals surface area contributed by atoms with Crippen molar-refractivity contribution in [1.82, 2.24) is 14.4 Å². The molecule has 25 heavy (non-hydrogen) atoms. The quantitative estimate of drug-likeness (QED) is 0.597. The van der Waals surface area contributed by atoms with Gasteiger partial charge in [0.25, 0.3) is 5.91 Å². The first kappa shape index (κ1) is 15.6. The molecule has 0 aliphatic heterocycles. The van der Waals surface area contributed by atoms with Crippen LogP contribution in [0.3, 0.4) is 0 Å². The predicted molar refractivity (Wildman–Crippen MR) is 99.3 cm³/mol. The fourth-order valence-corrected chi connectivity index (χ4v) is 3.10. The van der Waals surface area contributed by atoms with E-state index < -0.39 is 0 Å². The highest BCUT2D eigenvalue weighted by Gasteiger charge is 2.19. The number of halogens is 1. The molecule has 0 unspecified atom stereocenters. The highest BCUT2D eigenvalue weighted by Crippen LogP contribution is 2.23. The van der Waals surface area contributed by atoms with E-state index >= 15 is 0 Å². The number of anilines is 1. The van der Waals surface area contributed by atoms with Gasteiger partial charge in [0.05, 0.1) is 16.9 Å². The number of aromatic nitrogens is 3. The number of imidazole rings is 1. The Hall–Kier alpha value is -2.92. The molecule has 124 valence electrons. The van der Waals surface area contributed by atoms with Crippen LogP contribution < -0.4 is 5.32 Å². The number of carbonyl (C=O) groups is 1. The second-order valence-corrected chi connectivity index (χ2v) is 6.11. The van der Waals surface area contributed by atoms with Crippen LogP contribution in [0.4, 0.5) is 5.69 Å². The van der Waals surface area contributed by atoms with Crippen molar-refractivity contribution in [2.24, 2.45) is 0 Å². The Morgan fingerprint density at radius 2 is 2.08 bits per heavy atom. The van der Waals surface area contributed by atoms with Crippen LogP contribution in [0, 0.1) is 0 Å². The largest absolute Gasteiger partial charge is 0.319 e. The van der Waals surface area contributed by atoms with Gasteiger partial charge in [0.1, 0.15) is 11.3 Å². The minimum atomic E-state index is -0.218. The first-order valence-electron chi connectivity index (χ1n) is 7.99. The third-order valence-corrected chi connectivity index (χ3v) is 4.33. The molecule has 3 aromatic heterocycles. The lowest BCUT2D eigenvalue weighted by Gasteiger charge is -2.09. The Balaban J connectivity index is 1.80. The lowest BCUT2D eigenvalue weighted by atomic mass is 10.2. The molecule has 0 atom stereocenters. The Morgan fingerprint density at radius 3 is 2.92 bits per heavy atom. The third kappa shape index (κ3) is 2.72. The van der Waals surface area contributed by atoms with Crippen molar-refractivity contribution in [3.05, 3.63) is 71.3 Å². The normalized spacial score (nSPS) is 11.1. The van der Waals surface area contributed by atoms with Crippen molar-refractivity contribution in [2.75, 3.05) is 5.32 Å². The Morgan fingerprint density at radius 1 is 1.24 bits per heavy atom. The number of aryl methyl sites for hydroxylation is 1. The molecule has 0 saturated heterocycles. The third-order valence-electron chi connectivity index (χ3n) is 4.09. The standard InChI is InChI=1S/C19H15ClN4O/c1-2-14-18(24-10-8-13(20)11-16(24)22-14)19(25)23-15-7-3-5-12-6-4-9-21-17(12)15/h3-11H,2H2,1H3,(H,23,25). The van der Waals surface area contributed by atoms with Crippen molar-refractivity contribution in [3.63, 3.8) is 0 Å². The van der Waals surface area contributed by atoms with Crippen LogP contribution in [0.5, 0.6) is 0 Å². The van der Waals surface area contributed by atoms with Gasteiger partial charge >= 0.3 is 0 Å². The number of hydrogen-bond acceptors (Lipinski definition) is 3. The average molecular weight is 351 g/mol. The fraction of sp³-hybridized carbons (Fsp3) is 0.105. The number of benzene rings is 1. The molecule has 0 saturated carbocycles. The monoisotopic (exact) mass is 350 g/mol. The maximum atomic E-state index is 13.0. The number of fused-ring (bicyclic) bond motifs is 2. The topological polar surface area (TPSA) is 59.3 Å². The summed E-state index contributed by atoms with van der Waals surface area (Å²) in [4.78, 5) is 21.9. The molecule has 3 heterocycles. The highest BCUT2D eigenvalue weighted by atomic mass is 35.5. The Bertz CT molecular complexity index is 1100. The number of hydrogen-bond donors (Lipinski definition) is 1. The zero-order chi connectivity index (χ0) is 17.4. The van der Waals surface area contributed by atoms with Crippen molar-refractivity contribution in [1.29, 1.82) is 0 Å². The summed E-state index contributed by atoms with van der Waals surface area (Å²) in [5, 5.41) is 4.53. The van der Waals surface area contributed by atoms with Crippen LogP contribution >= 0.6 is 11.6 Å². The molecule has 5 nitrogen and oxygen atoms in total. The molecule has 0 fully saturated rings. The maximum absolute atomic E-state index is 13.0. The molecule has 0 spiro atoms. The zero-order valence-corrected chi connectivity index (χ0v) is 14.3. The average Bonchev–Trinajstić information content (AvgIpc) is 2.99. The minimum absolute atomic E-state index is 0.218. The maximum Gasteiger partial charge on any atom is 0.274 e. The number of rotatable bonds is 3. The summed E-state index contributed by atoms with van der Waals surface area (Å²) in [5.41, 5.74) is 3.34. The smallest absolute Gasteiger partial charge is 0.274 e. The van der Waals surface area contributed by atoms with Crippen LogP contribution in [0.2, 0.25) is 5.02 Å². The summed E-state index contributed by atoms with van der Waals surface area (Å²) in [7, 11) is 0. The zero-order valence-electron chi connectivity index (χ0n) is 13.5. The van der Waals surface area contributed by atoms with E-state index in [1.807, 2.05) is 37.3 Å². The summed E-state index contributed by atoms with van der Waals surface area (Å²) in [6, 6.07) is 13.0. The molecule has 6 heteroatoms. The fourth-order valence-electron chi connectivity index (χ4n) is 2.94. The molecule has 1 N–H and O–H groups in total. The highest BCUT2D eigenvalue weighted by molar-refractivity contribution is 6.30. The summed E-state index contributed by atoms with van der Waals surface area (Å²) in [6.07, 6.45) is 4.13. The van der Waals surface area contributed by atoms with Gasteiger partial charge in [-0.2, -0.15) is 0 Å². The molecule has 0 radical (unpaired) electrons. The van der Waals surface area contributed by atoms with E-state index in [2.05, 4.69) is 15.3 Å². The van der Waals surface area contributed by atoms with Crippen LogP contribution in [-0.2, 0) is 6.42 Å². The lowest BCUT2D eigenvalue weighted by Crippen LogP contribution is -2.16. The number of carbonyl (C=O) groups excluding carboxylic acids is 1. The molecule has 0 aliphatic rings. The van der Waals surface area contributed by atoms with E-state index in [0.717, 1.165) is 16.6 Å². The van der Waals surface area contributed by atoms with Crippen molar-refractivity contribution < 1.29 is 4.79 Å². The molecule has 0 aliphatic carbocycles. The van der Waals surface area contributed by atoms with E-state index in [1.165, 1.54) is 0 Å². The predicted octanol–water partition coefficient (Wildman–Crippen LogP) is 4.35.